The van der Waals surface area contributed by atoms with Crippen LogP contribution in [-0.2, 0) is 0 Å². The van der Waals surface area contributed by atoms with Crippen molar-refractivity contribution in [2.24, 2.45) is 0 Å². The largest absolute Gasteiger partial charge is 0.508 e. The minimum absolute atomic E-state index is 0.0489. The number of benzene rings is 2. The van der Waals surface area contributed by atoms with Crippen molar-refractivity contribution < 1.29 is 9.90 Å². The third-order valence-corrected chi connectivity index (χ3v) is 4.58. The summed E-state index contributed by atoms with van der Waals surface area (Å²) in [4.78, 5) is 18.9. The van der Waals surface area contributed by atoms with Crippen molar-refractivity contribution in [1.82, 2.24) is 9.88 Å². The molecule has 0 unspecified atom stereocenters. The van der Waals surface area contributed by atoms with Crippen LogP contribution in [0.25, 0.3) is 11.1 Å². The maximum atomic E-state index is 12.7. The highest BCUT2D eigenvalue weighted by Crippen LogP contribution is 2.28. The van der Waals surface area contributed by atoms with Crippen LogP contribution in [0.1, 0.15) is 22.0 Å². The number of phenols is 1. The Morgan fingerprint density at radius 1 is 0.960 bits per heavy atom. The van der Waals surface area contributed by atoms with Gasteiger partial charge in [0.15, 0.2) is 0 Å². The van der Waals surface area contributed by atoms with E-state index in [0.717, 1.165) is 16.8 Å². The lowest BCUT2D eigenvalue weighted by atomic mass is 9.94. The van der Waals surface area contributed by atoms with Crippen LogP contribution in [0.15, 0.2) is 72.9 Å². The number of hydrogen-bond acceptors (Lipinski definition) is 3. The highest BCUT2D eigenvalue weighted by Gasteiger charge is 2.32. The third kappa shape index (κ3) is 3.11. The van der Waals surface area contributed by atoms with E-state index in [1.54, 1.807) is 18.3 Å². The maximum absolute atomic E-state index is 12.7. The van der Waals surface area contributed by atoms with Gasteiger partial charge in [0.1, 0.15) is 5.75 Å². The molecule has 1 fully saturated rings. The van der Waals surface area contributed by atoms with E-state index < -0.39 is 0 Å². The molecular formula is C21H18N2O2. The van der Waals surface area contributed by atoms with Gasteiger partial charge in [0.2, 0.25) is 0 Å². The Morgan fingerprint density at radius 2 is 1.76 bits per heavy atom. The number of amides is 1. The molecule has 0 radical (unpaired) electrons. The molecule has 2 heterocycles. The third-order valence-electron chi connectivity index (χ3n) is 4.58. The monoisotopic (exact) mass is 330 g/mol. The zero-order valence-corrected chi connectivity index (χ0v) is 13.7. The van der Waals surface area contributed by atoms with Crippen molar-refractivity contribution >= 4 is 5.91 Å². The van der Waals surface area contributed by atoms with Crippen LogP contribution in [0.4, 0.5) is 0 Å². The summed E-state index contributed by atoms with van der Waals surface area (Å²) in [5.41, 5.74) is 3.67. The fourth-order valence-electron chi connectivity index (χ4n) is 3.12. The fraction of sp³-hybridized carbons (Fsp3) is 0.143. The lowest BCUT2D eigenvalue weighted by Crippen LogP contribution is -2.48. The minimum atomic E-state index is 0.0489. The van der Waals surface area contributed by atoms with Gasteiger partial charge in [-0.1, -0.05) is 30.3 Å². The molecule has 4 nitrogen and oxygen atoms in total. The SMILES string of the molecule is O=C(c1cccc(-c2ccc(O)cc2)c1)N1CC(c2ccccn2)C1. The van der Waals surface area contributed by atoms with E-state index in [0.29, 0.717) is 24.6 Å². The molecule has 1 aromatic heterocycles. The smallest absolute Gasteiger partial charge is 0.253 e. The number of carbonyl (C=O) groups is 1. The Hall–Kier alpha value is -3.14. The van der Waals surface area contributed by atoms with Gasteiger partial charge >= 0.3 is 0 Å². The van der Waals surface area contributed by atoms with E-state index in [2.05, 4.69) is 4.98 Å². The second-order valence-corrected chi connectivity index (χ2v) is 6.29. The Kier molecular flexibility index (Phi) is 3.94. The molecule has 0 atom stereocenters. The van der Waals surface area contributed by atoms with Gasteiger partial charge in [-0.15, -0.1) is 0 Å². The van der Waals surface area contributed by atoms with E-state index in [1.165, 1.54) is 0 Å². The Bertz CT molecular complexity index is 885. The van der Waals surface area contributed by atoms with Crippen LogP contribution < -0.4 is 0 Å². The molecule has 0 saturated carbocycles. The van der Waals surface area contributed by atoms with E-state index in [-0.39, 0.29) is 11.7 Å². The van der Waals surface area contributed by atoms with Crippen LogP contribution in [-0.4, -0.2) is 34.0 Å². The standard InChI is InChI=1S/C21H18N2O2/c24-19-9-7-15(8-10-19)16-4-3-5-17(12-16)21(25)23-13-18(14-23)20-6-1-2-11-22-20/h1-12,18,24H,13-14H2. The van der Waals surface area contributed by atoms with E-state index in [4.69, 9.17) is 0 Å². The van der Waals surface area contributed by atoms with Gasteiger partial charge in [-0.3, -0.25) is 9.78 Å². The molecule has 4 heteroatoms. The average Bonchev–Trinajstić information content (AvgIpc) is 2.62. The van der Waals surface area contributed by atoms with Crippen molar-refractivity contribution in [3.05, 3.63) is 84.2 Å². The van der Waals surface area contributed by atoms with E-state index >= 15 is 0 Å². The number of carbonyl (C=O) groups excluding carboxylic acids is 1. The van der Waals surface area contributed by atoms with Gasteiger partial charge in [-0.25, -0.2) is 0 Å². The number of aromatic nitrogens is 1. The molecule has 0 spiro atoms. The van der Waals surface area contributed by atoms with Crippen LogP contribution in [0, 0.1) is 0 Å². The summed E-state index contributed by atoms with van der Waals surface area (Å²) in [5.74, 6) is 0.607. The molecule has 25 heavy (non-hydrogen) atoms. The summed E-state index contributed by atoms with van der Waals surface area (Å²) in [7, 11) is 0. The molecule has 1 aliphatic rings. The number of hydrogen-bond donors (Lipinski definition) is 1. The van der Waals surface area contributed by atoms with Gasteiger partial charge in [-0.2, -0.15) is 0 Å². The van der Waals surface area contributed by atoms with Gasteiger partial charge in [0, 0.05) is 36.5 Å². The molecule has 1 aliphatic heterocycles. The summed E-state index contributed by atoms with van der Waals surface area (Å²) in [5, 5.41) is 9.41. The number of likely N-dealkylation sites (tertiary alicyclic amines) is 1. The van der Waals surface area contributed by atoms with E-state index in [1.807, 2.05) is 59.5 Å². The minimum Gasteiger partial charge on any atom is -0.508 e. The molecule has 4 rings (SSSR count). The normalized spacial score (nSPS) is 14.2. The van der Waals surface area contributed by atoms with Crippen LogP contribution >= 0.6 is 0 Å². The molecule has 1 N–H and O–H groups in total. The molecule has 3 aromatic rings. The highest BCUT2D eigenvalue weighted by molar-refractivity contribution is 5.96. The number of aromatic hydroxyl groups is 1. The van der Waals surface area contributed by atoms with Crippen molar-refractivity contribution in [3.8, 4) is 16.9 Å². The first-order chi connectivity index (χ1) is 12.2. The number of rotatable bonds is 3. The topological polar surface area (TPSA) is 53.4 Å². The van der Waals surface area contributed by atoms with Gasteiger partial charge < -0.3 is 10.0 Å². The molecule has 1 amide bonds. The number of phenolic OH excluding ortho intramolecular Hbond substituents is 1. The van der Waals surface area contributed by atoms with Gasteiger partial charge in [0.05, 0.1) is 0 Å². The molecule has 1 saturated heterocycles. The quantitative estimate of drug-likeness (QED) is 0.797. The first kappa shape index (κ1) is 15.4. The zero-order chi connectivity index (χ0) is 17.2. The summed E-state index contributed by atoms with van der Waals surface area (Å²) in [6.07, 6.45) is 1.79. The first-order valence-electron chi connectivity index (χ1n) is 8.30. The Morgan fingerprint density at radius 3 is 2.48 bits per heavy atom. The highest BCUT2D eigenvalue weighted by atomic mass is 16.3. The Labute approximate surface area is 146 Å². The Balaban J connectivity index is 1.48. The lowest BCUT2D eigenvalue weighted by Gasteiger charge is -2.39. The van der Waals surface area contributed by atoms with Crippen LogP contribution in [0.5, 0.6) is 5.75 Å². The van der Waals surface area contributed by atoms with Crippen LogP contribution in [0.2, 0.25) is 0 Å². The van der Waals surface area contributed by atoms with Crippen LogP contribution in [0.3, 0.4) is 0 Å². The average molecular weight is 330 g/mol. The summed E-state index contributed by atoms with van der Waals surface area (Å²) >= 11 is 0. The second kappa shape index (κ2) is 6.40. The van der Waals surface area contributed by atoms with Gasteiger partial charge in [-0.05, 0) is 47.5 Å². The summed E-state index contributed by atoms with van der Waals surface area (Å²) in [6.45, 7) is 1.42. The zero-order valence-electron chi connectivity index (χ0n) is 13.7. The number of pyridine rings is 1. The van der Waals surface area contributed by atoms with Crippen molar-refractivity contribution in [3.63, 3.8) is 0 Å². The number of nitrogens with zero attached hydrogens (tertiary/aromatic N) is 2. The predicted molar refractivity (Wildman–Crippen MR) is 96.4 cm³/mol. The molecule has 0 bridgehead atoms. The van der Waals surface area contributed by atoms with Crippen molar-refractivity contribution in [1.29, 1.82) is 0 Å². The summed E-state index contributed by atoms with van der Waals surface area (Å²) < 4.78 is 0. The van der Waals surface area contributed by atoms with E-state index in [9.17, 15) is 9.90 Å². The summed E-state index contributed by atoms with van der Waals surface area (Å²) in [6, 6.07) is 20.5. The molecule has 2 aromatic carbocycles. The molecule has 0 aliphatic carbocycles. The second-order valence-electron chi connectivity index (χ2n) is 6.29. The maximum Gasteiger partial charge on any atom is 0.253 e. The van der Waals surface area contributed by atoms with Gasteiger partial charge in [0.25, 0.3) is 5.91 Å². The van der Waals surface area contributed by atoms with Crippen molar-refractivity contribution in [2.75, 3.05) is 13.1 Å². The lowest BCUT2D eigenvalue weighted by molar-refractivity contribution is 0.0599. The van der Waals surface area contributed by atoms with Crippen molar-refractivity contribution in [2.45, 2.75) is 5.92 Å². The predicted octanol–water partition coefficient (Wildman–Crippen LogP) is 3.69. The first-order valence-corrected chi connectivity index (χ1v) is 8.30. The molecular weight excluding hydrogens is 312 g/mol. The molecule has 124 valence electrons. The fourth-order valence-corrected chi connectivity index (χ4v) is 3.12.